The van der Waals surface area contributed by atoms with E-state index in [2.05, 4.69) is 54.4 Å². The van der Waals surface area contributed by atoms with Gasteiger partial charge in [-0.2, -0.15) is 0 Å². The molecule has 4 nitrogen and oxygen atoms in total. The summed E-state index contributed by atoms with van der Waals surface area (Å²) in [5, 5.41) is 3.45. The van der Waals surface area contributed by atoms with Gasteiger partial charge < -0.3 is 10.1 Å². The fourth-order valence-corrected chi connectivity index (χ4v) is 5.47. The zero-order chi connectivity index (χ0) is 21.1. The molecule has 0 radical (unpaired) electrons. The van der Waals surface area contributed by atoms with Crippen LogP contribution in [0, 0.1) is 17.8 Å². The number of ether oxygens (including phenoxy) is 1. The molecule has 2 fully saturated rings. The van der Waals surface area contributed by atoms with Gasteiger partial charge in [-0.15, -0.1) is 0 Å². The van der Waals surface area contributed by atoms with Crippen LogP contribution in [0.5, 0.6) is 5.75 Å². The topological polar surface area (TPSA) is 41.6 Å². The number of rotatable bonds is 7. The lowest BCUT2D eigenvalue weighted by Gasteiger charge is -2.26. The summed E-state index contributed by atoms with van der Waals surface area (Å²) >= 11 is 0. The summed E-state index contributed by atoms with van der Waals surface area (Å²) in [7, 11) is 1.71. The van der Waals surface area contributed by atoms with Crippen molar-refractivity contribution in [2.24, 2.45) is 17.8 Å². The maximum absolute atomic E-state index is 13.2. The Morgan fingerprint density at radius 2 is 1.90 bits per heavy atom. The van der Waals surface area contributed by atoms with E-state index in [4.69, 9.17) is 4.74 Å². The maximum Gasteiger partial charge on any atom is 0.228 e. The number of carbonyl (C=O) groups is 1. The number of carbonyl (C=O) groups excluding carboxylic acids is 1. The number of fused-ring (bicyclic) bond motifs is 1. The van der Waals surface area contributed by atoms with Crippen LogP contribution in [0.25, 0.3) is 0 Å². The van der Waals surface area contributed by atoms with Crippen molar-refractivity contribution in [1.29, 1.82) is 0 Å². The molecule has 4 rings (SSSR count). The van der Waals surface area contributed by atoms with Gasteiger partial charge in [-0.25, -0.2) is 0 Å². The lowest BCUT2D eigenvalue weighted by Crippen LogP contribution is -2.43. The smallest absolute Gasteiger partial charge is 0.228 e. The summed E-state index contributed by atoms with van der Waals surface area (Å²) < 4.78 is 5.37. The summed E-state index contributed by atoms with van der Waals surface area (Å²) in [5.41, 5.74) is 2.41. The van der Waals surface area contributed by atoms with Gasteiger partial charge in [0.1, 0.15) is 5.75 Å². The van der Waals surface area contributed by atoms with E-state index in [1.165, 1.54) is 12.0 Å². The Bertz CT molecular complexity index is 851. The van der Waals surface area contributed by atoms with E-state index in [-0.39, 0.29) is 17.7 Å². The normalized spacial score (nSPS) is 24.6. The average Bonchev–Trinajstić information content (AvgIpc) is 3.30. The Hall–Kier alpha value is -2.33. The number of hydrogen-bond acceptors (Lipinski definition) is 3. The Morgan fingerprint density at radius 3 is 2.63 bits per heavy atom. The molecule has 2 aliphatic rings. The third-order valence-corrected chi connectivity index (χ3v) is 6.91. The first-order valence-electron chi connectivity index (χ1n) is 11.3. The molecule has 0 spiro atoms. The van der Waals surface area contributed by atoms with Crippen molar-refractivity contribution in [2.75, 3.05) is 20.2 Å². The van der Waals surface area contributed by atoms with Crippen molar-refractivity contribution in [3.63, 3.8) is 0 Å². The fraction of sp³-hybridized carbons (Fsp3) is 0.500. The number of likely N-dealkylation sites (tertiary alicyclic amines) is 1. The molecule has 4 heteroatoms. The second-order valence-electron chi connectivity index (χ2n) is 9.29. The quantitative estimate of drug-likeness (QED) is 0.738. The van der Waals surface area contributed by atoms with Crippen LogP contribution in [0.3, 0.4) is 0 Å². The fourth-order valence-electron chi connectivity index (χ4n) is 5.47. The molecule has 30 heavy (non-hydrogen) atoms. The van der Waals surface area contributed by atoms with Gasteiger partial charge in [0.05, 0.1) is 13.0 Å². The minimum Gasteiger partial charge on any atom is -0.497 e. The van der Waals surface area contributed by atoms with Gasteiger partial charge in [0, 0.05) is 25.7 Å². The van der Waals surface area contributed by atoms with Crippen LogP contribution in [0.4, 0.5) is 0 Å². The van der Waals surface area contributed by atoms with Gasteiger partial charge in [-0.1, -0.05) is 56.3 Å². The van der Waals surface area contributed by atoms with E-state index in [9.17, 15) is 4.79 Å². The van der Waals surface area contributed by atoms with Crippen molar-refractivity contribution < 1.29 is 9.53 Å². The highest BCUT2D eigenvalue weighted by molar-refractivity contribution is 5.84. The van der Waals surface area contributed by atoms with Gasteiger partial charge in [0.2, 0.25) is 5.91 Å². The molecular weight excluding hydrogens is 372 g/mol. The van der Waals surface area contributed by atoms with Gasteiger partial charge in [-0.05, 0) is 53.9 Å². The number of nitrogens with zero attached hydrogens (tertiary/aromatic N) is 1. The molecule has 1 saturated carbocycles. The summed E-state index contributed by atoms with van der Waals surface area (Å²) in [6, 6.07) is 18.9. The van der Waals surface area contributed by atoms with Crippen molar-refractivity contribution in [1.82, 2.24) is 10.2 Å². The van der Waals surface area contributed by atoms with E-state index >= 15 is 0 Å². The molecule has 1 heterocycles. The van der Waals surface area contributed by atoms with Gasteiger partial charge in [0.15, 0.2) is 0 Å². The highest BCUT2D eigenvalue weighted by Gasteiger charge is 2.43. The Balaban J connectivity index is 1.39. The predicted octanol–water partition coefficient (Wildman–Crippen LogP) is 4.46. The van der Waals surface area contributed by atoms with E-state index in [1.54, 1.807) is 7.11 Å². The molecule has 1 aliphatic heterocycles. The Morgan fingerprint density at radius 1 is 1.10 bits per heavy atom. The van der Waals surface area contributed by atoms with Crippen molar-refractivity contribution >= 4 is 5.91 Å². The second-order valence-corrected chi connectivity index (χ2v) is 9.29. The lowest BCUT2D eigenvalue weighted by molar-refractivity contribution is -0.124. The minimum atomic E-state index is -0.0838. The zero-order valence-corrected chi connectivity index (χ0v) is 18.4. The van der Waals surface area contributed by atoms with Crippen molar-refractivity contribution in [3.05, 3.63) is 65.7 Å². The molecule has 0 bridgehead atoms. The minimum absolute atomic E-state index is 0.0838. The first kappa shape index (κ1) is 20.9. The van der Waals surface area contributed by atoms with Crippen LogP contribution < -0.4 is 10.1 Å². The third-order valence-electron chi connectivity index (χ3n) is 6.91. The standard InChI is InChI=1S/C26H34N2O2/c1-18(2)25(20-9-5-4-6-10-20)26(29)27-24-13-12-21-16-28(17-23(21)24)15-19-8-7-11-22(14-19)30-3/h4-11,14,18,21,23-25H,12-13,15-17H2,1-3H3,(H,27,29)/t21-,23+,24+,25?/m1/s1. The SMILES string of the molecule is COc1cccc(CN2C[C@H]3CC[C@H](NC(=O)C(c4ccccc4)C(C)C)[C@H]3C2)c1. The van der Waals surface area contributed by atoms with Crippen LogP contribution in [0.2, 0.25) is 0 Å². The molecule has 1 amide bonds. The highest BCUT2D eigenvalue weighted by atomic mass is 16.5. The number of amides is 1. The van der Waals surface area contributed by atoms with Crippen LogP contribution in [0.1, 0.15) is 43.7 Å². The molecule has 2 aromatic carbocycles. The molecule has 1 N–H and O–H groups in total. The molecule has 2 aromatic rings. The van der Waals surface area contributed by atoms with Crippen LogP contribution in [-0.2, 0) is 11.3 Å². The maximum atomic E-state index is 13.2. The predicted molar refractivity (Wildman–Crippen MR) is 120 cm³/mol. The van der Waals surface area contributed by atoms with E-state index in [1.807, 2.05) is 24.3 Å². The van der Waals surface area contributed by atoms with Crippen LogP contribution in [0.15, 0.2) is 54.6 Å². The van der Waals surface area contributed by atoms with Gasteiger partial charge >= 0.3 is 0 Å². The van der Waals surface area contributed by atoms with E-state index in [0.717, 1.165) is 37.4 Å². The summed E-state index contributed by atoms with van der Waals surface area (Å²) in [4.78, 5) is 15.8. The number of hydrogen-bond donors (Lipinski definition) is 1. The summed E-state index contributed by atoms with van der Waals surface area (Å²) in [6.07, 6.45) is 2.32. The summed E-state index contributed by atoms with van der Waals surface area (Å²) in [6.45, 7) is 7.41. The average molecular weight is 407 g/mol. The molecule has 1 unspecified atom stereocenters. The van der Waals surface area contributed by atoms with Gasteiger partial charge in [-0.3, -0.25) is 9.69 Å². The van der Waals surface area contributed by atoms with Crippen LogP contribution >= 0.6 is 0 Å². The monoisotopic (exact) mass is 406 g/mol. The molecule has 1 saturated heterocycles. The second kappa shape index (κ2) is 9.22. The Labute approximate surface area is 180 Å². The molecular formula is C26H34N2O2. The molecule has 4 atom stereocenters. The van der Waals surface area contributed by atoms with Crippen molar-refractivity contribution in [2.45, 2.75) is 45.2 Å². The first-order valence-corrected chi connectivity index (χ1v) is 11.3. The summed E-state index contributed by atoms with van der Waals surface area (Å²) in [5.74, 6) is 2.54. The lowest BCUT2D eigenvalue weighted by atomic mass is 9.87. The van der Waals surface area contributed by atoms with Crippen molar-refractivity contribution in [3.8, 4) is 5.75 Å². The number of benzene rings is 2. The number of nitrogens with one attached hydrogen (secondary N) is 1. The highest BCUT2D eigenvalue weighted by Crippen LogP contribution is 2.39. The largest absolute Gasteiger partial charge is 0.497 e. The van der Waals surface area contributed by atoms with Gasteiger partial charge in [0.25, 0.3) is 0 Å². The van der Waals surface area contributed by atoms with E-state index < -0.39 is 0 Å². The van der Waals surface area contributed by atoms with Crippen LogP contribution in [-0.4, -0.2) is 37.0 Å². The molecule has 0 aromatic heterocycles. The van der Waals surface area contributed by atoms with E-state index in [0.29, 0.717) is 17.9 Å². The third kappa shape index (κ3) is 4.54. The molecule has 1 aliphatic carbocycles. The first-order chi connectivity index (χ1) is 14.5. The zero-order valence-electron chi connectivity index (χ0n) is 18.4. The number of methoxy groups -OCH3 is 1. The molecule has 160 valence electrons. The Kier molecular flexibility index (Phi) is 6.43.